The summed E-state index contributed by atoms with van der Waals surface area (Å²) >= 11 is 0. The minimum atomic E-state index is -0.138. The van der Waals surface area contributed by atoms with Crippen molar-refractivity contribution in [3.63, 3.8) is 0 Å². The molecule has 0 aliphatic rings. The minimum Gasteiger partial charge on any atom is -0.271 e. The standard InChI is InChI=1S/C16H19N5/c1-3-12-8-15(21(2)20-12)16(19-17)14-10-18-9-11-6-4-5-7-13(11)14/h4-10,16,19H,3,17H2,1-2H3. The molecular formula is C16H19N5. The lowest BCUT2D eigenvalue weighted by Gasteiger charge is -2.18. The number of nitrogens with zero attached hydrogens (tertiary/aromatic N) is 3. The number of hydrogen-bond donors (Lipinski definition) is 2. The van der Waals surface area contributed by atoms with Gasteiger partial charge in [-0.25, -0.2) is 5.43 Å². The monoisotopic (exact) mass is 281 g/mol. The van der Waals surface area contributed by atoms with Gasteiger partial charge in [-0.3, -0.25) is 15.5 Å². The fraction of sp³-hybridized carbons (Fsp3) is 0.250. The van der Waals surface area contributed by atoms with Gasteiger partial charge in [0.2, 0.25) is 0 Å². The van der Waals surface area contributed by atoms with Crippen molar-refractivity contribution in [3.05, 3.63) is 59.7 Å². The zero-order valence-corrected chi connectivity index (χ0v) is 12.2. The Balaban J connectivity index is 2.16. The number of nitrogens with two attached hydrogens (primary N) is 1. The number of pyridine rings is 1. The molecule has 3 aromatic rings. The lowest BCUT2D eigenvalue weighted by Crippen LogP contribution is -2.30. The molecule has 3 rings (SSSR count). The van der Waals surface area contributed by atoms with Crippen molar-refractivity contribution in [2.45, 2.75) is 19.4 Å². The van der Waals surface area contributed by atoms with Crippen molar-refractivity contribution < 1.29 is 0 Å². The second-order valence-corrected chi connectivity index (χ2v) is 5.09. The molecule has 0 saturated carbocycles. The van der Waals surface area contributed by atoms with Crippen LogP contribution in [0.3, 0.4) is 0 Å². The lowest BCUT2D eigenvalue weighted by atomic mass is 9.99. The third kappa shape index (κ3) is 2.41. The molecule has 2 heterocycles. The Hall–Kier alpha value is -2.24. The molecule has 0 radical (unpaired) electrons. The van der Waals surface area contributed by atoms with E-state index in [1.807, 2.05) is 36.3 Å². The zero-order valence-electron chi connectivity index (χ0n) is 12.2. The fourth-order valence-electron chi connectivity index (χ4n) is 2.69. The summed E-state index contributed by atoms with van der Waals surface area (Å²) in [6, 6.07) is 10.1. The Labute approximate surface area is 123 Å². The largest absolute Gasteiger partial charge is 0.271 e. The Morgan fingerprint density at radius 3 is 2.81 bits per heavy atom. The summed E-state index contributed by atoms with van der Waals surface area (Å²) in [7, 11) is 1.94. The Morgan fingerprint density at radius 2 is 2.10 bits per heavy atom. The van der Waals surface area contributed by atoms with Gasteiger partial charge < -0.3 is 0 Å². The van der Waals surface area contributed by atoms with Crippen molar-refractivity contribution in [2.75, 3.05) is 0 Å². The number of aromatic nitrogens is 3. The average molecular weight is 281 g/mol. The van der Waals surface area contributed by atoms with Gasteiger partial charge in [-0.1, -0.05) is 31.2 Å². The van der Waals surface area contributed by atoms with Gasteiger partial charge in [-0.2, -0.15) is 5.10 Å². The normalized spacial score (nSPS) is 12.7. The fourth-order valence-corrected chi connectivity index (χ4v) is 2.69. The maximum absolute atomic E-state index is 5.83. The molecule has 5 nitrogen and oxygen atoms in total. The van der Waals surface area contributed by atoms with E-state index in [1.165, 1.54) is 0 Å². The van der Waals surface area contributed by atoms with Gasteiger partial charge >= 0.3 is 0 Å². The number of nitrogens with one attached hydrogen (secondary N) is 1. The predicted octanol–water partition coefficient (Wildman–Crippen LogP) is 2.08. The quantitative estimate of drug-likeness (QED) is 0.567. The van der Waals surface area contributed by atoms with Crippen molar-refractivity contribution in [1.29, 1.82) is 0 Å². The Morgan fingerprint density at radius 1 is 1.29 bits per heavy atom. The van der Waals surface area contributed by atoms with Gasteiger partial charge in [0.1, 0.15) is 0 Å². The molecule has 0 saturated heterocycles. The molecule has 1 aromatic carbocycles. The van der Waals surface area contributed by atoms with Gasteiger partial charge in [-0.15, -0.1) is 0 Å². The second-order valence-electron chi connectivity index (χ2n) is 5.09. The molecule has 0 fully saturated rings. The van der Waals surface area contributed by atoms with E-state index in [-0.39, 0.29) is 6.04 Å². The lowest BCUT2D eigenvalue weighted by molar-refractivity contribution is 0.575. The molecule has 0 bridgehead atoms. The molecule has 0 amide bonds. The summed E-state index contributed by atoms with van der Waals surface area (Å²) in [5.74, 6) is 5.83. The van der Waals surface area contributed by atoms with Crippen LogP contribution in [0.25, 0.3) is 10.8 Å². The Bertz CT molecular complexity index is 757. The number of fused-ring (bicyclic) bond motifs is 1. The van der Waals surface area contributed by atoms with Gasteiger partial charge in [-0.05, 0) is 17.9 Å². The van der Waals surface area contributed by atoms with Crippen molar-refractivity contribution in [3.8, 4) is 0 Å². The molecule has 0 aliphatic heterocycles. The summed E-state index contributed by atoms with van der Waals surface area (Å²) in [6.07, 6.45) is 4.64. The number of hydrazine groups is 1. The van der Waals surface area contributed by atoms with Gasteiger partial charge in [0.15, 0.2) is 0 Å². The van der Waals surface area contributed by atoms with Crippen LogP contribution < -0.4 is 11.3 Å². The summed E-state index contributed by atoms with van der Waals surface area (Å²) in [5.41, 5.74) is 6.05. The summed E-state index contributed by atoms with van der Waals surface area (Å²) in [4.78, 5) is 4.34. The molecule has 3 N–H and O–H groups in total. The SMILES string of the molecule is CCc1cc(C(NN)c2cncc3ccccc23)n(C)n1. The number of benzene rings is 1. The van der Waals surface area contributed by atoms with Crippen LogP contribution in [-0.2, 0) is 13.5 Å². The molecule has 21 heavy (non-hydrogen) atoms. The van der Waals surface area contributed by atoms with E-state index < -0.39 is 0 Å². The number of aryl methyl sites for hydroxylation is 2. The van der Waals surface area contributed by atoms with Crippen LogP contribution in [0.2, 0.25) is 0 Å². The van der Waals surface area contributed by atoms with E-state index >= 15 is 0 Å². The maximum atomic E-state index is 5.83. The molecule has 2 aromatic heterocycles. The van der Waals surface area contributed by atoms with Crippen LogP contribution in [0, 0.1) is 0 Å². The van der Waals surface area contributed by atoms with Crippen LogP contribution in [0.15, 0.2) is 42.7 Å². The van der Waals surface area contributed by atoms with Gasteiger partial charge in [0.05, 0.1) is 17.4 Å². The third-order valence-corrected chi connectivity index (χ3v) is 3.80. The first-order chi connectivity index (χ1) is 10.2. The smallest absolute Gasteiger partial charge is 0.0899 e. The highest BCUT2D eigenvalue weighted by atomic mass is 15.3. The van der Waals surface area contributed by atoms with Crippen LogP contribution in [0.4, 0.5) is 0 Å². The summed E-state index contributed by atoms with van der Waals surface area (Å²) in [6.45, 7) is 2.09. The zero-order chi connectivity index (χ0) is 14.8. The van der Waals surface area contributed by atoms with E-state index in [4.69, 9.17) is 5.84 Å². The molecular weight excluding hydrogens is 262 g/mol. The van der Waals surface area contributed by atoms with E-state index in [0.717, 1.165) is 34.1 Å². The molecule has 108 valence electrons. The average Bonchev–Trinajstić information content (AvgIpc) is 2.89. The van der Waals surface area contributed by atoms with Crippen LogP contribution in [0.5, 0.6) is 0 Å². The van der Waals surface area contributed by atoms with E-state index in [2.05, 4.69) is 40.6 Å². The van der Waals surface area contributed by atoms with E-state index in [1.54, 1.807) is 0 Å². The molecule has 0 aliphatic carbocycles. The predicted molar refractivity (Wildman–Crippen MR) is 83.5 cm³/mol. The Kier molecular flexibility index (Phi) is 3.68. The van der Waals surface area contributed by atoms with Crippen molar-refractivity contribution in [2.24, 2.45) is 12.9 Å². The van der Waals surface area contributed by atoms with Crippen LogP contribution >= 0.6 is 0 Å². The first-order valence-electron chi connectivity index (χ1n) is 7.06. The molecule has 0 spiro atoms. The van der Waals surface area contributed by atoms with Gasteiger partial charge in [0.25, 0.3) is 0 Å². The molecule has 5 heteroatoms. The van der Waals surface area contributed by atoms with Crippen LogP contribution in [0.1, 0.15) is 29.9 Å². The van der Waals surface area contributed by atoms with Gasteiger partial charge in [0, 0.05) is 30.4 Å². The second kappa shape index (κ2) is 5.63. The summed E-state index contributed by atoms with van der Waals surface area (Å²) in [5, 5.41) is 6.76. The number of rotatable bonds is 4. The topological polar surface area (TPSA) is 68.8 Å². The minimum absolute atomic E-state index is 0.138. The maximum Gasteiger partial charge on any atom is 0.0899 e. The van der Waals surface area contributed by atoms with E-state index in [0.29, 0.717) is 0 Å². The van der Waals surface area contributed by atoms with Crippen molar-refractivity contribution in [1.82, 2.24) is 20.2 Å². The molecule has 1 unspecified atom stereocenters. The van der Waals surface area contributed by atoms with E-state index in [9.17, 15) is 0 Å². The summed E-state index contributed by atoms with van der Waals surface area (Å²) < 4.78 is 1.88. The first kappa shape index (κ1) is 13.7. The first-order valence-corrected chi connectivity index (χ1v) is 7.06. The molecule has 1 atom stereocenters. The highest BCUT2D eigenvalue weighted by Crippen LogP contribution is 2.27. The number of hydrogen-bond acceptors (Lipinski definition) is 4. The van der Waals surface area contributed by atoms with Crippen LogP contribution in [-0.4, -0.2) is 14.8 Å². The third-order valence-electron chi connectivity index (χ3n) is 3.80. The van der Waals surface area contributed by atoms with Crippen molar-refractivity contribution >= 4 is 10.8 Å². The highest BCUT2D eigenvalue weighted by Gasteiger charge is 2.19. The highest BCUT2D eigenvalue weighted by molar-refractivity contribution is 5.85.